The van der Waals surface area contributed by atoms with E-state index in [4.69, 9.17) is 0 Å². The van der Waals surface area contributed by atoms with Gasteiger partial charge in [-0.05, 0) is 35.0 Å². The number of nitrogens with zero attached hydrogens (tertiary/aromatic N) is 2. The van der Waals surface area contributed by atoms with E-state index in [2.05, 4.69) is 37.4 Å². The predicted molar refractivity (Wildman–Crippen MR) is 108 cm³/mol. The van der Waals surface area contributed by atoms with Crippen molar-refractivity contribution in [1.29, 1.82) is 0 Å². The standard InChI is InChI=1S/C16H31N4O3PS/c1-17-9-10-18-16(23)14(12-13(21)7-8-19-24)20(2)15(22)6-4-3-5-11-25/h8,14,17,25H,3-7,9-12,24H2,1-2H3,(H,18,23)/b19-8+/t14-/m0/s1. The van der Waals surface area contributed by atoms with Gasteiger partial charge in [0, 0.05) is 45.6 Å². The van der Waals surface area contributed by atoms with Crippen molar-refractivity contribution in [3.05, 3.63) is 0 Å². The van der Waals surface area contributed by atoms with Crippen molar-refractivity contribution in [2.75, 3.05) is 32.9 Å². The third-order valence-corrected chi connectivity index (χ3v) is 4.26. The molecule has 25 heavy (non-hydrogen) atoms. The average Bonchev–Trinajstić information content (AvgIpc) is 2.60. The highest BCUT2D eigenvalue weighted by Crippen LogP contribution is 2.10. The molecule has 0 fully saturated rings. The maximum atomic E-state index is 12.4. The van der Waals surface area contributed by atoms with E-state index >= 15 is 0 Å². The summed E-state index contributed by atoms with van der Waals surface area (Å²) in [4.78, 5) is 38.2. The first-order valence-electron chi connectivity index (χ1n) is 8.50. The zero-order valence-electron chi connectivity index (χ0n) is 15.2. The number of ketones is 1. The largest absolute Gasteiger partial charge is 0.353 e. The van der Waals surface area contributed by atoms with Gasteiger partial charge >= 0.3 is 0 Å². The minimum atomic E-state index is -0.792. The van der Waals surface area contributed by atoms with Gasteiger partial charge in [-0.25, -0.2) is 0 Å². The third-order valence-electron chi connectivity index (χ3n) is 3.73. The molecule has 0 spiro atoms. The van der Waals surface area contributed by atoms with Crippen LogP contribution >= 0.6 is 22.0 Å². The van der Waals surface area contributed by atoms with Crippen molar-refractivity contribution in [1.82, 2.24) is 15.5 Å². The van der Waals surface area contributed by atoms with Gasteiger partial charge in [0.15, 0.2) is 0 Å². The molecule has 0 aromatic rings. The van der Waals surface area contributed by atoms with E-state index in [1.807, 2.05) is 0 Å². The van der Waals surface area contributed by atoms with Gasteiger partial charge in [0.25, 0.3) is 0 Å². The fraction of sp³-hybridized carbons (Fsp3) is 0.750. The summed E-state index contributed by atoms with van der Waals surface area (Å²) in [5, 5.41) is 5.70. The first-order chi connectivity index (χ1) is 12.0. The first-order valence-corrected chi connectivity index (χ1v) is 9.65. The Morgan fingerprint density at radius 1 is 1.24 bits per heavy atom. The summed E-state index contributed by atoms with van der Waals surface area (Å²) >= 11 is 4.15. The number of Topliss-reactive ketones (excluding diaryl/α,β-unsaturated/α-hetero) is 1. The van der Waals surface area contributed by atoms with Gasteiger partial charge in [0.05, 0.1) is 0 Å². The molecule has 2 atom stereocenters. The Kier molecular flexibility index (Phi) is 14.7. The van der Waals surface area contributed by atoms with Crippen LogP contribution in [0.3, 0.4) is 0 Å². The Hall–Kier alpha value is -0.980. The number of rotatable bonds is 14. The molecule has 0 aromatic carbocycles. The lowest BCUT2D eigenvalue weighted by atomic mass is 10.1. The van der Waals surface area contributed by atoms with Crippen molar-refractivity contribution >= 4 is 45.8 Å². The molecule has 0 radical (unpaired) electrons. The Bertz CT molecular complexity index is 449. The summed E-state index contributed by atoms with van der Waals surface area (Å²) in [5.41, 5.74) is 0. The van der Waals surface area contributed by atoms with E-state index in [0.29, 0.717) is 19.5 Å². The van der Waals surface area contributed by atoms with E-state index in [0.717, 1.165) is 25.0 Å². The molecule has 9 heteroatoms. The van der Waals surface area contributed by atoms with Gasteiger partial charge in [-0.1, -0.05) is 6.42 Å². The number of amides is 2. The Morgan fingerprint density at radius 3 is 2.56 bits per heavy atom. The van der Waals surface area contributed by atoms with E-state index in [1.165, 1.54) is 11.1 Å². The number of unbranched alkanes of at least 4 members (excludes halogenated alkanes) is 2. The lowest BCUT2D eigenvalue weighted by molar-refractivity contribution is -0.140. The Morgan fingerprint density at radius 2 is 1.96 bits per heavy atom. The van der Waals surface area contributed by atoms with Gasteiger partial charge in [-0.3, -0.25) is 19.1 Å². The highest BCUT2D eigenvalue weighted by molar-refractivity contribution is 7.80. The van der Waals surface area contributed by atoms with Crippen molar-refractivity contribution in [2.24, 2.45) is 4.76 Å². The lowest BCUT2D eigenvalue weighted by Crippen LogP contribution is -2.49. The fourth-order valence-corrected chi connectivity index (χ4v) is 2.53. The fourth-order valence-electron chi connectivity index (χ4n) is 2.20. The SMILES string of the molecule is CNCCNC(=O)[C@H](CC(=O)C/C=N/P)N(C)C(=O)CCCCCS. The number of carbonyl (C=O) groups excluding carboxylic acids is 3. The third kappa shape index (κ3) is 11.3. The van der Waals surface area contributed by atoms with Crippen LogP contribution < -0.4 is 10.6 Å². The monoisotopic (exact) mass is 390 g/mol. The van der Waals surface area contributed by atoms with Crippen LogP contribution in [0, 0.1) is 0 Å². The number of nitrogens with one attached hydrogen (secondary N) is 2. The minimum absolute atomic E-state index is 0.0129. The predicted octanol–water partition coefficient (Wildman–Crippen LogP) is 0.849. The summed E-state index contributed by atoms with van der Waals surface area (Å²) in [5.74, 6) is 0.236. The molecule has 0 aliphatic rings. The first kappa shape index (κ1) is 24.0. The zero-order valence-corrected chi connectivity index (χ0v) is 17.2. The van der Waals surface area contributed by atoms with E-state index in [-0.39, 0.29) is 30.4 Å². The van der Waals surface area contributed by atoms with Crippen LogP contribution in [0.4, 0.5) is 0 Å². The molecule has 1 unspecified atom stereocenters. The zero-order chi connectivity index (χ0) is 19.1. The molecule has 0 rings (SSSR count). The van der Waals surface area contributed by atoms with Gasteiger partial charge in [-0.15, -0.1) is 0 Å². The Labute approximate surface area is 158 Å². The molecule has 2 amide bonds. The minimum Gasteiger partial charge on any atom is -0.353 e. The number of likely N-dealkylation sites (N-methyl/N-ethyl adjacent to an activating group) is 2. The summed E-state index contributed by atoms with van der Waals surface area (Å²) in [6.45, 7) is 1.06. The molecular formula is C16H31N4O3PS. The molecule has 2 N–H and O–H groups in total. The summed E-state index contributed by atoms with van der Waals surface area (Å²) < 4.78 is 3.70. The molecule has 0 aromatic heterocycles. The molecule has 0 saturated heterocycles. The number of hydrogen-bond acceptors (Lipinski definition) is 6. The summed E-state index contributed by atoms with van der Waals surface area (Å²) in [6, 6.07) is -0.792. The van der Waals surface area contributed by atoms with Gasteiger partial charge < -0.3 is 15.5 Å². The maximum absolute atomic E-state index is 12.4. The highest BCUT2D eigenvalue weighted by Gasteiger charge is 2.28. The van der Waals surface area contributed by atoms with Crippen molar-refractivity contribution in [2.45, 2.75) is 44.6 Å². The van der Waals surface area contributed by atoms with Gasteiger partial charge in [-0.2, -0.15) is 12.6 Å². The lowest BCUT2D eigenvalue weighted by Gasteiger charge is -2.27. The van der Waals surface area contributed by atoms with Crippen molar-refractivity contribution in [3.63, 3.8) is 0 Å². The maximum Gasteiger partial charge on any atom is 0.243 e. The number of thiol groups is 1. The second-order valence-corrected chi connectivity index (χ2v) is 6.47. The van der Waals surface area contributed by atoms with Crippen LogP contribution in [0.2, 0.25) is 0 Å². The van der Waals surface area contributed by atoms with Crippen molar-refractivity contribution in [3.8, 4) is 0 Å². The van der Waals surface area contributed by atoms with Crippen LogP contribution in [0.25, 0.3) is 0 Å². The quantitative estimate of drug-likeness (QED) is 0.178. The smallest absolute Gasteiger partial charge is 0.243 e. The molecule has 0 bridgehead atoms. The van der Waals surface area contributed by atoms with E-state index in [1.54, 1.807) is 14.1 Å². The van der Waals surface area contributed by atoms with Crippen LogP contribution in [-0.4, -0.2) is 67.7 Å². The molecule has 0 aliphatic carbocycles. The second-order valence-electron chi connectivity index (χ2n) is 5.73. The summed E-state index contributed by atoms with van der Waals surface area (Å²) in [6.07, 6.45) is 4.61. The molecule has 7 nitrogen and oxygen atoms in total. The molecular weight excluding hydrogens is 359 g/mol. The van der Waals surface area contributed by atoms with E-state index < -0.39 is 6.04 Å². The van der Waals surface area contributed by atoms with Crippen LogP contribution in [0.15, 0.2) is 4.76 Å². The molecule has 0 heterocycles. The van der Waals surface area contributed by atoms with Crippen LogP contribution in [0.5, 0.6) is 0 Å². The Balaban J connectivity index is 4.79. The molecule has 0 saturated carbocycles. The van der Waals surface area contributed by atoms with Gasteiger partial charge in [0.1, 0.15) is 11.8 Å². The van der Waals surface area contributed by atoms with Crippen molar-refractivity contribution < 1.29 is 14.4 Å². The van der Waals surface area contributed by atoms with E-state index in [9.17, 15) is 14.4 Å². The average molecular weight is 390 g/mol. The second kappa shape index (κ2) is 15.3. The summed E-state index contributed by atoms with van der Waals surface area (Å²) in [7, 11) is 5.53. The van der Waals surface area contributed by atoms with Gasteiger partial charge in [0.2, 0.25) is 11.8 Å². The molecule has 144 valence electrons. The molecule has 0 aliphatic heterocycles. The number of carbonyl (C=O) groups is 3. The van der Waals surface area contributed by atoms with Crippen LogP contribution in [-0.2, 0) is 14.4 Å². The topological polar surface area (TPSA) is 90.9 Å². The number of hydrogen-bond donors (Lipinski definition) is 3. The normalized spacial score (nSPS) is 12.2. The highest BCUT2D eigenvalue weighted by atomic mass is 32.1. The van der Waals surface area contributed by atoms with Crippen LogP contribution in [0.1, 0.15) is 38.5 Å².